The lowest BCUT2D eigenvalue weighted by atomic mass is 10.1. The minimum atomic E-state index is 0.352. The third-order valence-electron chi connectivity index (χ3n) is 2.32. The monoisotopic (exact) mass is 298 g/mol. The maximum Gasteiger partial charge on any atom is 0.100 e. The molecule has 72 valence electrons. The minimum Gasteiger partial charge on any atom is -0.319 e. The molecule has 1 aromatic carbocycles. The van der Waals surface area contributed by atoms with Crippen LogP contribution >= 0.6 is 22.6 Å². The van der Waals surface area contributed by atoms with E-state index in [1.54, 1.807) is 0 Å². The topological polar surface area (TPSA) is 17.8 Å². The van der Waals surface area contributed by atoms with Gasteiger partial charge in [-0.05, 0) is 35.1 Å². The molecule has 0 radical (unpaired) electrons. The van der Waals surface area contributed by atoms with Crippen LogP contribution in [-0.4, -0.2) is 9.55 Å². The second kappa shape index (κ2) is 4.13. The van der Waals surface area contributed by atoms with Gasteiger partial charge in [-0.1, -0.05) is 30.3 Å². The Morgan fingerprint density at radius 2 is 2.00 bits per heavy atom. The number of aromatic nitrogens is 2. The van der Waals surface area contributed by atoms with Crippen molar-refractivity contribution in [1.82, 2.24) is 9.55 Å². The quantitative estimate of drug-likeness (QED) is 0.779. The van der Waals surface area contributed by atoms with E-state index in [2.05, 4.69) is 63.3 Å². The molecule has 2 aromatic rings. The molecule has 0 N–H and O–H groups in total. The van der Waals surface area contributed by atoms with Crippen LogP contribution in [0, 0.1) is 3.70 Å². The van der Waals surface area contributed by atoms with Gasteiger partial charge in [0, 0.05) is 0 Å². The highest BCUT2D eigenvalue weighted by Gasteiger charge is 2.08. The zero-order chi connectivity index (χ0) is 9.97. The van der Waals surface area contributed by atoms with Crippen molar-refractivity contribution in [2.24, 2.45) is 0 Å². The molecule has 0 aliphatic carbocycles. The maximum atomic E-state index is 4.12. The van der Waals surface area contributed by atoms with Gasteiger partial charge in [0.15, 0.2) is 0 Å². The van der Waals surface area contributed by atoms with Crippen molar-refractivity contribution in [3.8, 4) is 0 Å². The van der Waals surface area contributed by atoms with Crippen LogP contribution in [0.4, 0.5) is 0 Å². The predicted molar refractivity (Wildman–Crippen MR) is 65.2 cm³/mol. The van der Waals surface area contributed by atoms with Crippen LogP contribution in [0.2, 0.25) is 0 Å². The molecule has 0 bridgehead atoms. The summed E-state index contributed by atoms with van der Waals surface area (Å²) in [5.41, 5.74) is 1.31. The van der Waals surface area contributed by atoms with Crippen LogP contribution in [-0.2, 0) is 0 Å². The van der Waals surface area contributed by atoms with Gasteiger partial charge < -0.3 is 4.57 Å². The van der Waals surface area contributed by atoms with Crippen LogP contribution < -0.4 is 0 Å². The van der Waals surface area contributed by atoms with Gasteiger partial charge in [-0.15, -0.1) is 0 Å². The minimum absolute atomic E-state index is 0.352. The summed E-state index contributed by atoms with van der Waals surface area (Å²) < 4.78 is 3.33. The zero-order valence-electron chi connectivity index (χ0n) is 7.89. The lowest BCUT2D eigenvalue weighted by Crippen LogP contribution is -2.06. The van der Waals surface area contributed by atoms with Gasteiger partial charge in [0.25, 0.3) is 0 Å². The molecular weight excluding hydrogens is 287 g/mol. The van der Waals surface area contributed by atoms with Crippen molar-refractivity contribution in [3.05, 3.63) is 52.1 Å². The third-order valence-corrected chi connectivity index (χ3v) is 3.15. The van der Waals surface area contributed by atoms with Crippen molar-refractivity contribution in [2.45, 2.75) is 13.0 Å². The molecule has 0 fully saturated rings. The molecule has 2 nitrogen and oxygen atoms in total. The van der Waals surface area contributed by atoms with Crippen LogP contribution in [0.15, 0.2) is 42.9 Å². The van der Waals surface area contributed by atoms with E-state index in [0.29, 0.717) is 6.04 Å². The number of hydrogen-bond donors (Lipinski definition) is 0. The fourth-order valence-electron chi connectivity index (χ4n) is 1.47. The first-order chi connectivity index (χ1) is 6.79. The summed E-state index contributed by atoms with van der Waals surface area (Å²) in [5, 5.41) is 0. The smallest absolute Gasteiger partial charge is 0.100 e. The summed E-state index contributed by atoms with van der Waals surface area (Å²) in [7, 11) is 0. The molecule has 1 heterocycles. The Labute approximate surface area is 97.1 Å². The standard InChI is InChI=1S/C11H11IN2/c1-9(10-5-3-2-4-6-10)14-8-13-7-11(14)12/h2-9H,1H3. The first-order valence-corrected chi connectivity index (χ1v) is 5.59. The van der Waals surface area contributed by atoms with Gasteiger partial charge in [-0.2, -0.15) is 0 Å². The number of hydrogen-bond acceptors (Lipinski definition) is 1. The van der Waals surface area contributed by atoms with Crippen molar-refractivity contribution in [2.75, 3.05) is 0 Å². The molecule has 0 saturated carbocycles. The molecule has 14 heavy (non-hydrogen) atoms. The number of rotatable bonds is 2. The Hall–Kier alpha value is -0.840. The Morgan fingerprint density at radius 3 is 2.57 bits per heavy atom. The average Bonchev–Trinajstić information content (AvgIpc) is 2.65. The first kappa shape index (κ1) is 9.71. The maximum absolute atomic E-state index is 4.12. The molecule has 1 unspecified atom stereocenters. The van der Waals surface area contributed by atoms with E-state index in [0.717, 1.165) is 0 Å². The number of imidazole rings is 1. The fourth-order valence-corrected chi connectivity index (χ4v) is 2.17. The largest absolute Gasteiger partial charge is 0.319 e. The Bertz CT molecular complexity index is 408. The van der Waals surface area contributed by atoms with Crippen molar-refractivity contribution < 1.29 is 0 Å². The summed E-state index contributed by atoms with van der Waals surface area (Å²) in [5.74, 6) is 0. The molecule has 0 aliphatic rings. The summed E-state index contributed by atoms with van der Waals surface area (Å²) in [4.78, 5) is 4.12. The van der Waals surface area contributed by atoms with Crippen molar-refractivity contribution in [3.63, 3.8) is 0 Å². The molecule has 0 amide bonds. The molecule has 1 atom stereocenters. The Morgan fingerprint density at radius 1 is 1.29 bits per heavy atom. The Kier molecular flexibility index (Phi) is 2.86. The zero-order valence-corrected chi connectivity index (χ0v) is 10.0. The average molecular weight is 298 g/mol. The highest BCUT2D eigenvalue weighted by molar-refractivity contribution is 14.1. The third kappa shape index (κ3) is 1.82. The lowest BCUT2D eigenvalue weighted by Gasteiger charge is -2.14. The van der Waals surface area contributed by atoms with Gasteiger partial charge >= 0.3 is 0 Å². The van der Waals surface area contributed by atoms with Crippen molar-refractivity contribution >= 4 is 22.6 Å². The molecule has 0 spiro atoms. The molecule has 0 saturated heterocycles. The van der Waals surface area contributed by atoms with Crippen LogP contribution in [0.1, 0.15) is 18.5 Å². The molecular formula is C11H11IN2. The van der Waals surface area contributed by atoms with Gasteiger partial charge in [-0.25, -0.2) is 4.98 Å². The van der Waals surface area contributed by atoms with Gasteiger partial charge in [0.1, 0.15) is 3.70 Å². The highest BCUT2D eigenvalue weighted by Crippen LogP contribution is 2.19. The summed E-state index contributed by atoms with van der Waals surface area (Å²) in [6.07, 6.45) is 3.75. The SMILES string of the molecule is CC(c1ccccc1)n1cncc1I. The van der Waals surface area contributed by atoms with Gasteiger partial charge in [0.2, 0.25) is 0 Å². The van der Waals surface area contributed by atoms with E-state index < -0.39 is 0 Å². The Balaban J connectivity index is 2.34. The number of halogens is 1. The van der Waals surface area contributed by atoms with Gasteiger partial charge in [0.05, 0.1) is 18.6 Å². The summed E-state index contributed by atoms with van der Waals surface area (Å²) in [6, 6.07) is 10.8. The number of benzene rings is 1. The molecule has 3 heteroatoms. The number of nitrogens with zero attached hydrogens (tertiary/aromatic N) is 2. The van der Waals surface area contributed by atoms with E-state index in [1.807, 2.05) is 18.6 Å². The van der Waals surface area contributed by atoms with E-state index in [1.165, 1.54) is 9.26 Å². The molecule has 0 aliphatic heterocycles. The lowest BCUT2D eigenvalue weighted by molar-refractivity contribution is 0.625. The first-order valence-electron chi connectivity index (χ1n) is 4.51. The van der Waals surface area contributed by atoms with Crippen LogP contribution in [0.5, 0.6) is 0 Å². The summed E-state index contributed by atoms with van der Waals surface area (Å²) in [6.45, 7) is 2.18. The molecule has 1 aromatic heterocycles. The fraction of sp³-hybridized carbons (Fsp3) is 0.182. The van der Waals surface area contributed by atoms with E-state index in [4.69, 9.17) is 0 Å². The second-order valence-corrected chi connectivity index (χ2v) is 4.32. The molecule has 2 rings (SSSR count). The van der Waals surface area contributed by atoms with E-state index >= 15 is 0 Å². The second-order valence-electron chi connectivity index (χ2n) is 3.21. The van der Waals surface area contributed by atoms with E-state index in [-0.39, 0.29) is 0 Å². The van der Waals surface area contributed by atoms with Gasteiger partial charge in [-0.3, -0.25) is 0 Å². The van der Waals surface area contributed by atoms with Crippen LogP contribution in [0.25, 0.3) is 0 Å². The normalized spacial score (nSPS) is 12.7. The van der Waals surface area contributed by atoms with Crippen molar-refractivity contribution in [1.29, 1.82) is 0 Å². The van der Waals surface area contributed by atoms with Crippen LogP contribution in [0.3, 0.4) is 0 Å². The summed E-state index contributed by atoms with van der Waals surface area (Å²) >= 11 is 2.30. The predicted octanol–water partition coefficient (Wildman–Crippen LogP) is 3.10. The van der Waals surface area contributed by atoms with E-state index in [9.17, 15) is 0 Å². The highest BCUT2D eigenvalue weighted by atomic mass is 127.